The summed E-state index contributed by atoms with van der Waals surface area (Å²) >= 11 is 0. The van der Waals surface area contributed by atoms with E-state index in [1.165, 1.54) is 12.5 Å². The smallest absolute Gasteiger partial charge is 0.326 e. The van der Waals surface area contributed by atoms with Gasteiger partial charge in [-0.15, -0.1) is 0 Å². The molecule has 0 spiro atoms. The molecule has 16 nitrogen and oxygen atoms in total. The van der Waals surface area contributed by atoms with Gasteiger partial charge in [0.2, 0.25) is 17.7 Å². The number of aromatic amines is 1. The van der Waals surface area contributed by atoms with Crippen molar-refractivity contribution in [2.45, 2.75) is 62.7 Å². The van der Waals surface area contributed by atoms with Gasteiger partial charge in [-0.25, -0.2) is 9.78 Å². The number of hydrogen-bond acceptors (Lipinski definition) is 9. The number of aliphatic imine (C=N–C) groups is 1. The fourth-order valence-corrected chi connectivity index (χ4v) is 3.27. The molecule has 1 heterocycles. The molecule has 4 unspecified atom stereocenters. The van der Waals surface area contributed by atoms with Gasteiger partial charge in [0.05, 0.1) is 19.0 Å². The highest BCUT2D eigenvalue weighted by Crippen LogP contribution is 2.05. The minimum atomic E-state index is -1.39. The molecule has 16 heteroatoms. The van der Waals surface area contributed by atoms with Gasteiger partial charge in [-0.3, -0.25) is 19.4 Å². The number of aromatic nitrogens is 2. The molecule has 4 atom stereocenters. The van der Waals surface area contributed by atoms with E-state index in [-0.39, 0.29) is 38.2 Å². The summed E-state index contributed by atoms with van der Waals surface area (Å²) in [5.74, 6) is -3.67. The second-order valence-electron chi connectivity index (χ2n) is 8.33. The molecule has 1 aromatic rings. The summed E-state index contributed by atoms with van der Waals surface area (Å²) in [6, 6.07) is -4.80. The van der Waals surface area contributed by atoms with Crippen LogP contribution in [0.4, 0.5) is 0 Å². The lowest BCUT2D eigenvalue weighted by atomic mass is 10.1. The van der Waals surface area contributed by atoms with Gasteiger partial charge in [-0.2, -0.15) is 0 Å². The molecular weight excluding hydrogens is 488 g/mol. The van der Waals surface area contributed by atoms with Crippen molar-refractivity contribution >= 4 is 29.7 Å². The number of aliphatic hydroxyl groups is 1. The Labute approximate surface area is 214 Å². The fraction of sp³-hybridized carbons (Fsp3) is 0.619. The summed E-state index contributed by atoms with van der Waals surface area (Å²) in [5.41, 5.74) is 22.5. The summed E-state index contributed by atoms with van der Waals surface area (Å²) in [4.78, 5) is 60.1. The topological polar surface area (TPSA) is 290 Å². The van der Waals surface area contributed by atoms with Crippen LogP contribution in [-0.2, 0) is 25.6 Å². The van der Waals surface area contributed by atoms with E-state index in [0.717, 1.165) is 0 Å². The number of imidazole rings is 1. The van der Waals surface area contributed by atoms with Gasteiger partial charge in [0, 0.05) is 24.9 Å². The molecule has 0 aliphatic rings. The predicted octanol–water partition coefficient (Wildman–Crippen LogP) is -4.01. The summed E-state index contributed by atoms with van der Waals surface area (Å²) in [5, 5.41) is 26.4. The van der Waals surface area contributed by atoms with E-state index in [1.807, 2.05) is 0 Å². The van der Waals surface area contributed by atoms with Crippen LogP contribution in [-0.4, -0.2) is 93.7 Å². The molecule has 0 aliphatic carbocycles. The standard InChI is InChI=1S/C21H38N10O6/c22-6-2-1-4-14(18(34)30-15(20(36)37)5-3-7-27-21(24)25)29-19(35)16(10-32)31-17(33)13(23)8-12-9-26-11-28-12/h9,11,13-16,32H,1-8,10,22-23H2,(H,26,28)(H,29,35)(H,30,34)(H,31,33)(H,36,37)(H4,24,25,27). The van der Waals surface area contributed by atoms with Crippen molar-refractivity contribution in [2.24, 2.45) is 27.9 Å². The lowest BCUT2D eigenvalue weighted by Crippen LogP contribution is -2.58. The number of nitrogens with one attached hydrogen (secondary N) is 4. The first-order chi connectivity index (χ1) is 17.6. The number of amides is 3. The maximum Gasteiger partial charge on any atom is 0.326 e. The third kappa shape index (κ3) is 12.2. The summed E-state index contributed by atoms with van der Waals surface area (Å²) in [7, 11) is 0. The molecule has 14 N–H and O–H groups in total. The van der Waals surface area contributed by atoms with Crippen LogP contribution < -0.4 is 38.9 Å². The SMILES string of the molecule is NCCCCC(NC(=O)C(CO)NC(=O)C(N)Cc1cnc[nH]1)C(=O)NC(CCCN=C(N)N)C(=O)O. The van der Waals surface area contributed by atoms with E-state index in [1.54, 1.807) is 0 Å². The molecule has 0 saturated heterocycles. The fourth-order valence-electron chi connectivity index (χ4n) is 3.27. The molecule has 1 rings (SSSR count). The number of nitrogens with zero attached hydrogens (tertiary/aromatic N) is 2. The van der Waals surface area contributed by atoms with E-state index in [9.17, 15) is 29.4 Å². The number of rotatable bonds is 18. The third-order valence-corrected chi connectivity index (χ3v) is 5.29. The van der Waals surface area contributed by atoms with Crippen molar-refractivity contribution in [3.63, 3.8) is 0 Å². The Kier molecular flexibility index (Phi) is 14.2. The highest BCUT2D eigenvalue weighted by molar-refractivity contribution is 5.94. The van der Waals surface area contributed by atoms with Crippen LogP contribution in [0.1, 0.15) is 37.8 Å². The molecule has 0 radical (unpaired) electrons. The first-order valence-electron chi connectivity index (χ1n) is 11.8. The molecule has 0 aromatic carbocycles. The molecule has 37 heavy (non-hydrogen) atoms. The quantitative estimate of drug-likeness (QED) is 0.0499. The monoisotopic (exact) mass is 526 g/mol. The van der Waals surface area contributed by atoms with Crippen molar-refractivity contribution in [2.75, 3.05) is 19.7 Å². The Hall–Kier alpha value is -3.76. The minimum Gasteiger partial charge on any atom is -0.480 e. The molecule has 3 amide bonds. The Bertz CT molecular complexity index is 890. The van der Waals surface area contributed by atoms with Crippen LogP contribution >= 0.6 is 0 Å². The first-order valence-corrected chi connectivity index (χ1v) is 11.8. The zero-order valence-electron chi connectivity index (χ0n) is 20.6. The molecule has 0 fully saturated rings. The van der Waals surface area contributed by atoms with Crippen molar-refractivity contribution in [1.82, 2.24) is 25.9 Å². The van der Waals surface area contributed by atoms with E-state index in [4.69, 9.17) is 22.9 Å². The van der Waals surface area contributed by atoms with Gasteiger partial charge in [-0.1, -0.05) is 0 Å². The Balaban J connectivity index is 2.81. The van der Waals surface area contributed by atoms with Gasteiger partial charge in [0.25, 0.3) is 0 Å². The maximum absolute atomic E-state index is 12.9. The first kappa shape index (κ1) is 31.3. The van der Waals surface area contributed by atoms with Crippen molar-refractivity contribution in [3.05, 3.63) is 18.2 Å². The molecule has 208 valence electrons. The number of carboxylic acids is 1. The van der Waals surface area contributed by atoms with Crippen molar-refractivity contribution in [1.29, 1.82) is 0 Å². The third-order valence-electron chi connectivity index (χ3n) is 5.29. The maximum atomic E-state index is 12.9. The number of nitrogens with two attached hydrogens (primary N) is 4. The minimum absolute atomic E-state index is 0.0465. The summed E-state index contributed by atoms with van der Waals surface area (Å²) in [6.45, 7) is -0.221. The second kappa shape index (κ2) is 16.8. The van der Waals surface area contributed by atoms with Crippen LogP contribution in [0.2, 0.25) is 0 Å². The van der Waals surface area contributed by atoms with Crippen LogP contribution in [0.15, 0.2) is 17.5 Å². The Morgan fingerprint density at radius 2 is 1.59 bits per heavy atom. The van der Waals surface area contributed by atoms with Crippen LogP contribution in [0, 0.1) is 0 Å². The number of carbonyl (C=O) groups is 4. The van der Waals surface area contributed by atoms with Gasteiger partial charge in [0.1, 0.15) is 18.1 Å². The molecular formula is C21H38N10O6. The normalized spacial score (nSPS) is 14.0. The summed E-state index contributed by atoms with van der Waals surface area (Å²) < 4.78 is 0. The number of hydrogen-bond donors (Lipinski definition) is 10. The highest BCUT2D eigenvalue weighted by atomic mass is 16.4. The number of aliphatic carboxylic acids is 1. The number of carboxylic acid groups (broad SMARTS) is 1. The van der Waals surface area contributed by atoms with E-state index < -0.39 is 54.5 Å². The molecule has 0 aliphatic heterocycles. The van der Waals surface area contributed by atoms with E-state index in [2.05, 4.69) is 30.9 Å². The average Bonchev–Trinajstić information content (AvgIpc) is 3.36. The van der Waals surface area contributed by atoms with Gasteiger partial charge < -0.3 is 54.1 Å². The van der Waals surface area contributed by atoms with Crippen LogP contribution in [0.25, 0.3) is 0 Å². The number of guanidine groups is 1. The number of carbonyl (C=O) groups excluding carboxylic acids is 3. The van der Waals surface area contributed by atoms with Gasteiger partial charge in [-0.05, 0) is 38.6 Å². The van der Waals surface area contributed by atoms with Crippen LogP contribution in [0.5, 0.6) is 0 Å². The number of unbranched alkanes of at least 4 members (excludes halogenated alkanes) is 1. The molecule has 0 saturated carbocycles. The van der Waals surface area contributed by atoms with Gasteiger partial charge >= 0.3 is 5.97 Å². The zero-order valence-corrected chi connectivity index (χ0v) is 20.6. The Morgan fingerprint density at radius 1 is 0.973 bits per heavy atom. The summed E-state index contributed by atoms with van der Waals surface area (Å²) in [6.07, 6.45) is 4.56. The highest BCUT2D eigenvalue weighted by Gasteiger charge is 2.30. The predicted molar refractivity (Wildman–Crippen MR) is 134 cm³/mol. The molecule has 0 bridgehead atoms. The second-order valence-corrected chi connectivity index (χ2v) is 8.33. The van der Waals surface area contributed by atoms with Crippen molar-refractivity contribution < 1.29 is 29.4 Å². The largest absolute Gasteiger partial charge is 0.480 e. The lowest BCUT2D eigenvalue weighted by molar-refractivity contribution is -0.142. The number of H-pyrrole nitrogens is 1. The van der Waals surface area contributed by atoms with Gasteiger partial charge in [0.15, 0.2) is 5.96 Å². The van der Waals surface area contributed by atoms with Crippen molar-refractivity contribution in [3.8, 4) is 0 Å². The van der Waals surface area contributed by atoms with E-state index >= 15 is 0 Å². The van der Waals surface area contributed by atoms with E-state index in [0.29, 0.717) is 25.1 Å². The van der Waals surface area contributed by atoms with Crippen LogP contribution in [0.3, 0.4) is 0 Å². The zero-order chi connectivity index (χ0) is 27.8. The molecule has 1 aromatic heterocycles. The average molecular weight is 527 g/mol. The lowest BCUT2D eigenvalue weighted by Gasteiger charge is -2.24. The number of aliphatic hydroxyl groups excluding tert-OH is 1. The Morgan fingerprint density at radius 3 is 2.16 bits per heavy atom.